The molecular formula is C11H11F2N3O. The van der Waals surface area contributed by atoms with E-state index in [4.69, 9.17) is 5.73 Å². The molecule has 0 atom stereocenters. The van der Waals surface area contributed by atoms with E-state index in [9.17, 15) is 8.78 Å². The summed E-state index contributed by atoms with van der Waals surface area (Å²) in [5.74, 6) is 0.0955. The average Bonchev–Trinajstić information content (AvgIpc) is 2.58. The molecule has 0 aliphatic heterocycles. The van der Waals surface area contributed by atoms with Crippen LogP contribution >= 0.6 is 0 Å². The molecule has 1 aromatic heterocycles. The number of nitrogen functional groups attached to an aromatic ring is 1. The molecule has 0 aliphatic carbocycles. The van der Waals surface area contributed by atoms with Gasteiger partial charge in [0, 0.05) is 12.6 Å². The molecule has 0 spiro atoms. The number of hydrogen-bond donors (Lipinski definition) is 1. The van der Waals surface area contributed by atoms with Crippen LogP contribution in [0.5, 0.6) is 5.75 Å². The molecule has 1 heterocycles. The monoisotopic (exact) mass is 239 g/mol. The summed E-state index contributed by atoms with van der Waals surface area (Å²) in [7, 11) is 1.73. The van der Waals surface area contributed by atoms with Gasteiger partial charge < -0.3 is 10.5 Å². The zero-order chi connectivity index (χ0) is 12.4. The van der Waals surface area contributed by atoms with Crippen molar-refractivity contribution in [3.05, 3.63) is 30.5 Å². The molecule has 0 fully saturated rings. The lowest BCUT2D eigenvalue weighted by Gasteiger charge is -2.07. The van der Waals surface area contributed by atoms with Gasteiger partial charge in [-0.1, -0.05) is 12.1 Å². The topological polar surface area (TPSA) is 53.1 Å². The summed E-state index contributed by atoms with van der Waals surface area (Å²) in [6.07, 6.45) is 1.51. The van der Waals surface area contributed by atoms with Crippen LogP contribution in [0.15, 0.2) is 30.5 Å². The molecule has 0 bridgehead atoms. The summed E-state index contributed by atoms with van der Waals surface area (Å²) < 4.78 is 30.1. The number of anilines is 1. The van der Waals surface area contributed by atoms with Gasteiger partial charge in [0.25, 0.3) is 0 Å². The molecule has 6 heteroatoms. The van der Waals surface area contributed by atoms with Crippen LogP contribution < -0.4 is 10.5 Å². The summed E-state index contributed by atoms with van der Waals surface area (Å²) in [5, 5.41) is 3.99. The molecule has 0 saturated heterocycles. The second-order valence-corrected chi connectivity index (χ2v) is 3.48. The maximum Gasteiger partial charge on any atom is 0.387 e. The molecule has 0 radical (unpaired) electrons. The molecule has 1 aromatic carbocycles. The first kappa shape index (κ1) is 11.4. The molecule has 2 aromatic rings. The summed E-state index contributed by atoms with van der Waals surface area (Å²) in [6.45, 7) is -2.84. The molecular weight excluding hydrogens is 228 g/mol. The highest BCUT2D eigenvalue weighted by Crippen LogP contribution is 2.28. The third kappa shape index (κ3) is 2.35. The van der Waals surface area contributed by atoms with Gasteiger partial charge in [-0.2, -0.15) is 13.9 Å². The van der Waals surface area contributed by atoms with Crippen LogP contribution in [0, 0.1) is 0 Å². The molecule has 0 unspecified atom stereocenters. The van der Waals surface area contributed by atoms with Gasteiger partial charge in [-0.25, -0.2) is 0 Å². The van der Waals surface area contributed by atoms with Crippen molar-refractivity contribution in [2.24, 2.45) is 7.05 Å². The second kappa shape index (κ2) is 4.40. The van der Waals surface area contributed by atoms with E-state index in [0.29, 0.717) is 16.9 Å². The zero-order valence-corrected chi connectivity index (χ0v) is 9.10. The molecule has 2 rings (SSSR count). The van der Waals surface area contributed by atoms with Gasteiger partial charge in [0.1, 0.15) is 5.75 Å². The number of hydrogen-bond acceptors (Lipinski definition) is 3. The minimum Gasteiger partial charge on any atom is -0.435 e. The third-order valence-corrected chi connectivity index (χ3v) is 2.30. The third-order valence-electron chi connectivity index (χ3n) is 2.30. The van der Waals surface area contributed by atoms with E-state index in [2.05, 4.69) is 9.84 Å². The Balaban J connectivity index is 2.40. The average molecular weight is 239 g/mol. The number of rotatable bonds is 3. The number of nitrogens with zero attached hydrogens (tertiary/aromatic N) is 2. The van der Waals surface area contributed by atoms with Crippen molar-refractivity contribution in [3.8, 4) is 17.0 Å². The van der Waals surface area contributed by atoms with E-state index >= 15 is 0 Å². The fraction of sp³-hybridized carbons (Fsp3) is 0.182. The van der Waals surface area contributed by atoms with E-state index < -0.39 is 6.61 Å². The number of benzene rings is 1. The maximum atomic E-state index is 12.1. The second-order valence-electron chi connectivity index (χ2n) is 3.48. The standard InChI is InChI=1S/C11H11F2N3O/c1-16-10(9(14)6-15-16)7-3-2-4-8(5-7)17-11(12)13/h2-6,11H,14H2,1H3. The Bertz CT molecular complexity index is 506. The number of ether oxygens (including phenoxy) is 1. The van der Waals surface area contributed by atoms with Gasteiger partial charge in [-0.15, -0.1) is 0 Å². The minimum atomic E-state index is -2.84. The van der Waals surface area contributed by atoms with E-state index in [1.54, 1.807) is 23.9 Å². The van der Waals surface area contributed by atoms with Crippen molar-refractivity contribution in [2.45, 2.75) is 6.61 Å². The predicted octanol–water partition coefficient (Wildman–Crippen LogP) is 2.27. The highest BCUT2D eigenvalue weighted by molar-refractivity contribution is 5.73. The van der Waals surface area contributed by atoms with Gasteiger partial charge in [-0.3, -0.25) is 4.68 Å². The Labute approximate surface area is 96.6 Å². The van der Waals surface area contributed by atoms with Crippen LogP contribution in [0.4, 0.5) is 14.5 Å². The SMILES string of the molecule is Cn1ncc(N)c1-c1cccc(OC(F)F)c1. The quantitative estimate of drug-likeness (QED) is 0.893. The zero-order valence-electron chi connectivity index (χ0n) is 9.10. The fourth-order valence-corrected chi connectivity index (χ4v) is 1.63. The van der Waals surface area contributed by atoms with Crippen LogP contribution in [-0.2, 0) is 7.05 Å². The van der Waals surface area contributed by atoms with Crippen molar-refractivity contribution in [2.75, 3.05) is 5.73 Å². The van der Waals surface area contributed by atoms with E-state index in [-0.39, 0.29) is 5.75 Å². The summed E-state index contributed by atoms with van der Waals surface area (Å²) in [5.41, 5.74) is 7.59. The van der Waals surface area contributed by atoms with Crippen LogP contribution in [0.3, 0.4) is 0 Å². The van der Waals surface area contributed by atoms with Crippen LogP contribution in [0.1, 0.15) is 0 Å². The predicted molar refractivity (Wildman–Crippen MR) is 59.7 cm³/mol. The van der Waals surface area contributed by atoms with Gasteiger partial charge in [0.2, 0.25) is 0 Å². The fourth-order valence-electron chi connectivity index (χ4n) is 1.63. The van der Waals surface area contributed by atoms with Gasteiger partial charge >= 0.3 is 6.61 Å². The van der Waals surface area contributed by atoms with Crippen molar-refractivity contribution in [1.29, 1.82) is 0 Å². The smallest absolute Gasteiger partial charge is 0.387 e. The molecule has 17 heavy (non-hydrogen) atoms. The molecule has 2 N–H and O–H groups in total. The number of alkyl halides is 2. The highest BCUT2D eigenvalue weighted by atomic mass is 19.3. The first-order valence-electron chi connectivity index (χ1n) is 4.90. The van der Waals surface area contributed by atoms with Crippen LogP contribution in [0.2, 0.25) is 0 Å². The maximum absolute atomic E-state index is 12.1. The Kier molecular flexibility index (Phi) is 2.95. The first-order valence-corrected chi connectivity index (χ1v) is 4.90. The largest absolute Gasteiger partial charge is 0.435 e. The normalized spacial score (nSPS) is 10.8. The molecule has 0 amide bonds. The van der Waals surface area contributed by atoms with E-state index in [1.165, 1.54) is 18.3 Å². The van der Waals surface area contributed by atoms with Crippen molar-refractivity contribution in [1.82, 2.24) is 9.78 Å². The number of halogens is 2. The van der Waals surface area contributed by atoms with Crippen molar-refractivity contribution >= 4 is 5.69 Å². The number of aryl methyl sites for hydroxylation is 1. The molecule has 90 valence electrons. The first-order chi connectivity index (χ1) is 8.08. The van der Waals surface area contributed by atoms with E-state index in [0.717, 1.165) is 0 Å². The van der Waals surface area contributed by atoms with Crippen molar-refractivity contribution in [3.63, 3.8) is 0 Å². The Morgan fingerprint density at radius 1 is 1.41 bits per heavy atom. The molecule has 4 nitrogen and oxygen atoms in total. The Hall–Kier alpha value is -2.11. The summed E-state index contributed by atoms with van der Waals surface area (Å²) in [6, 6.07) is 6.34. The Morgan fingerprint density at radius 2 is 2.18 bits per heavy atom. The number of nitrogens with two attached hydrogens (primary N) is 1. The highest BCUT2D eigenvalue weighted by Gasteiger charge is 2.10. The Morgan fingerprint density at radius 3 is 2.76 bits per heavy atom. The number of aromatic nitrogens is 2. The lowest BCUT2D eigenvalue weighted by Crippen LogP contribution is -2.02. The van der Waals surface area contributed by atoms with E-state index in [1.807, 2.05) is 0 Å². The van der Waals surface area contributed by atoms with Gasteiger partial charge in [-0.05, 0) is 12.1 Å². The van der Waals surface area contributed by atoms with Crippen molar-refractivity contribution < 1.29 is 13.5 Å². The van der Waals surface area contributed by atoms with Gasteiger partial charge in [0.15, 0.2) is 0 Å². The summed E-state index contributed by atoms with van der Waals surface area (Å²) in [4.78, 5) is 0. The van der Waals surface area contributed by atoms with Crippen LogP contribution in [-0.4, -0.2) is 16.4 Å². The van der Waals surface area contributed by atoms with Gasteiger partial charge in [0.05, 0.1) is 17.6 Å². The van der Waals surface area contributed by atoms with Crippen LogP contribution in [0.25, 0.3) is 11.3 Å². The molecule has 0 saturated carbocycles. The summed E-state index contributed by atoms with van der Waals surface area (Å²) >= 11 is 0. The minimum absolute atomic E-state index is 0.0955. The lowest BCUT2D eigenvalue weighted by molar-refractivity contribution is -0.0498. The lowest BCUT2D eigenvalue weighted by atomic mass is 10.1. The molecule has 0 aliphatic rings.